The molecule has 1 aromatic heterocycles. The number of hydrogen-bond acceptors (Lipinski definition) is 3. The van der Waals surface area contributed by atoms with Crippen LogP contribution in [0.4, 0.5) is 4.79 Å². The summed E-state index contributed by atoms with van der Waals surface area (Å²) in [5, 5.41) is 5.54. The quantitative estimate of drug-likeness (QED) is 0.886. The zero-order chi connectivity index (χ0) is 14.7. The highest BCUT2D eigenvalue weighted by molar-refractivity contribution is 5.74. The van der Waals surface area contributed by atoms with Gasteiger partial charge in [0, 0.05) is 19.6 Å². The smallest absolute Gasteiger partial charge is 0.408 e. The fourth-order valence-corrected chi connectivity index (χ4v) is 1.97. The summed E-state index contributed by atoms with van der Waals surface area (Å²) in [6.45, 7) is 4.34. The van der Waals surface area contributed by atoms with E-state index in [2.05, 4.69) is 10.6 Å². The molecule has 2 amide bonds. The van der Waals surface area contributed by atoms with E-state index in [-0.39, 0.29) is 17.8 Å². The number of hydrogen-bond donors (Lipinski definition) is 2. The van der Waals surface area contributed by atoms with Gasteiger partial charge in [-0.15, -0.1) is 0 Å². The van der Waals surface area contributed by atoms with Gasteiger partial charge >= 0.3 is 11.8 Å². The molecule has 6 heteroatoms. The third kappa shape index (κ3) is 3.20. The van der Waals surface area contributed by atoms with Crippen LogP contribution < -0.4 is 16.4 Å². The first-order chi connectivity index (χ1) is 9.47. The number of nitrogens with one attached hydrogen (secondary N) is 2. The van der Waals surface area contributed by atoms with Gasteiger partial charge in [0.1, 0.15) is 0 Å². The summed E-state index contributed by atoms with van der Waals surface area (Å²) in [5.41, 5.74) is 2.35. The van der Waals surface area contributed by atoms with E-state index in [4.69, 9.17) is 4.42 Å². The molecule has 0 aliphatic carbocycles. The zero-order valence-corrected chi connectivity index (χ0v) is 11.9. The Morgan fingerprint density at radius 2 is 2.15 bits per heavy atom. The summed E-state index contributed by atoms with van der Waals surface area (Å²) in [4.78, 5) is 22.8. The predicted octanol–water partition coefficient (Wildman–Crippen LogP) is 1.38. The molecule has 0 saturated heterocycles. The van der Waals surface area contributed by atoms with Gasteiger partial charge in [-0.2, -0.15) is 0 Å². The van der Waals surface area contributed by atoms with Crippen molar-refractivity contribution >= 4 is 17.1 Å². The van der Waals surface area contributed by atoms with Gasteiger partial charge in [-0.3, -0.25) is 4.57 Å². The molecule has 0 aliphatic rings. The molecule has 2 aromatic rings. The van der Waals surface area contributed by atoms with E-state index in [1.807, 2.05) is 32.0 Å². The lowest BCUT2D eigenvalue weighted by atomic mass is 10.1. The van der Waals surface area contributed by atoms with Crippen LogP contribution in [0, 0.1) is 0 Å². The van der Waals surface area contributed by atoms with Crippen LogP contribution in [0.2, 0.25) is 0 Å². The molecular weight excluding hydrogens is 258 g/mol. The number of aromatic nitrogens is 1. The van der Waals surface area contributed by atoms with Gasteiger partial charge in [-0.1, -0.05) is 6.07 Å². The van der Waals surface area contributed by atoms with Crippen LogP contribution in [0.3, 0.4) is 0 Å². The largest absolute Gasteiger partial charge is 0.419 e. The zero-order valence-electron chi connectivity index (χ0n) is 11.9. The van der Waals surface area contributed by atoms with Gasteiger partial charge in [-0.05, 0) is 38.0 Å². The third-order valence-corrected chi connectivity index (χ3v) is 2.98. The summed E-state index contributed by atoms with van der Waals surface area (Å²) in [6, 6.07) is 5.55. The number of urea groups is 1. The second-order valence-electron chi connectivity index (χ2n) is 5.03. The molecule has 0 bridgehead atoms. The van der Waals surface area contributed by atoms with Crippen LogP contribution in [-0.2, 0) is 13.5 Å². The van der Waals surface area contributed by atoms with Crippen molar-refractivity contribution in [1.29, 1.82) is 0 Å². The van der Waals surface area contributed by atoms with E-state index >= 15 is 0 Å². The Balaban J connectivity index is 1.97. The maximum Gasteiger partial charge on any atom is 0.419 e. The van der Waals surface area contributed by atoms with Crippen LogP contribution in [0.25, 0.3) is 11.1 Å². The first-order valence-electron chi connectivity index (χ1n) is 6.60. The Morgan fingerprint density at radius 1 is 1.40 bits per heavy atom. The van der Waals surface area contributed by atoms with Gasteiger partial charge in [0.25, 0.3) is 0 Å². The van der Waals surface area contributed by atoms with E-state index < -0.39 is 0 Å². The lowest BCUT2D eigenvalue weighted by Gasteiger charge is -2.09. The normalized spacial score (nSPS) is 11.0. The summed E-state index contributed by atoms with van der Waals surface area (Å²) in [7, 11) is 1.67. The first kappa shape index (κ1) is 14.2. The topological polar surface area (TPSA) is 76.3 Å². The van der Waals surface area contributed by atoms with E-state index in [1.54, 1.807) is 7.05 Å². The molecule has 0 aliphatic heterocycles. The molecule has 2 rings (SSSR count). The molecule has 0 spiro atoms. The van der Waals surface area contributed by atoms with Crippen molar-refractivity contribution in [2.24, 2.45) is 7.05 Å². The second-order valence-corrected chi connectivity index (χ2v) is 5.03. The summed E-state index contributed by atoms with van der Waals surface area (Å²) in [6.07, 6.45) is 0.681. The van der Waals surface area contributed by atoms with E-state index in [1.165, 1.54) is 4.57 Å². The maximum absolute atomic E-state index is 11.4. The number of oxazole rings is 1. The molecule has 1 aromatic carbocycles. The standard InChI is InChI=1S/C14H19N3O3/c1-9(2)16-13(18)15-7-6-10-4-5-11-12(8-10)20-14(19)17(11)3/h4-5,8-9H,6-7H2,1-3H3,(H2,15,16,18). The minimum absolute atomic E-state index is 0.116. The molecule has 20 heavy (non-hydrogen) atoms. The minimum atomic E-state index is -0.369. The Labute approximate surface area is 116 Å². The molecule has 6 nitrogen and oxygen atoms in total. The monoisotopic (exact) mass is 277 g/mol. The third-order valence-electron chi connectivity index (χ3n) is 2.98. The van der Waals surface area contributed by atoms with Crippen molar-refractivity contribution in [2.45, 2.75) is 26.3 Å². The number of amides is 2. The SMILES string of the molecule is CC(C)NC(=O)NCCc1ccc2c(c1)oc(=O)n2C. The van der Waals surface area contributed by atoms with E-state index in [0.717, 1.165) is 11.1 Å². The van der Waals surface area contributed by atoms with Gasteiger partial charge < -0.3 is 15.1 Å². The predicted molar refractivity (Wildman–Crippen MR) is 76.8 cm³/mol. The summed E-state index contributed by atoms with van der Waals surface area (Å²) >= 11 is 0. The molecule has 108 valence electrons. The number of benzene rings is 1. The number of carbonyl (C=O) groups excluding carboxylic acids is 1. The van der Waals surface area contributed by atoms with E-state index in [9.17, 15) is 9.59 Å². The van der Waals surface area contributed by atoms with Crippen molar-refractivity contribution in [3.8, 4) is 0 Å². The molecule has 1 heterocycles. The average Bonchev–Trinajstić information content (AvgIpc) is 2.64. The Morgan fingerprint density at radius 3 is 2.85 bits per heavy atom. The Kier molecular flexibility index (Phi) is 4.12. The minimum Gasteiger partial charge on any atom is -0.408 e. The van der Waals surface area contributed by atoms with Gasteiger partial charge in [0.2, 0.25) is 0 Å². The molecule has 0 fully saturated rings. The van der Waals surface area contributed by atoms with Crippen molar-refractivity contribution < 1.29 is 9.21 Å². The number of aryl methyl sites for hydroxylation is 1. The van der Waals surface area contributed by atoms with Crippen LogP contribution in [0.1, 0.15) is 19.4 Å². The average molecular weight is 277 g/mol. The number of nitrogens with zero attached hydrogens (tertiary/aromatic N) is 1. The lowest BCUT2D eigenvalue weighted by molar-refractivity contribution is 0.238. The maximum atomic E-state index is 11.4. The van der Waals surface area contributed by atoms with Crippen LogP contribution in [0.15, 0.2) is 27.4 Å². The van der Waals surface area contributed by atoms with Gasteiger partial charge in [0.15, 0.2) is 5.58 Å². The van der Waals surface area contributed by atoms with Crippen molar-refractivity contribution in [2.75, 3.05) is 6.54 Å². The summed E-state index contributed by atoms with van der Waals surface area (Å²) < 4.78 is 6.59. The highest BCUT2D eigenvalue weighted by atomic mass is 16.4. The fraction of sp³-hybridized carbons (Fsp3) is 0.429. The van der Waals surface area contributed by atoms with Gasteiger partial charge in [0.05, 0.1) is 5.52 Å². The first-order valence-corrected chi connectivity index (χ1v) is 6.60. The molecular formula is C14H19N3O3. The second kappa shape index (κ2) is 5.81. The molecule has 0 radical (unpaired) electrons. The van der Waals surface area contributed by atoms with E-state index in [0.29, 0.717) is 18.5 Å². The van der Waals surface area contributed by atoms with Gasteiger partial charge in [-0.25, -0.2) is 9.59 Å². The van der Waals surface area contributed by atoms with Crippen LogP contribution >= 0.6 is 0 Å². The highest BCUT2D eigenvalue weighted by Crippen LogP contribution is 2.14. The lowest BCUT2D eigenvalue weighted by Crippen LogP contribution is -2.40. The summed E-state index contributed by atoms with van der Waals surface area (Å²) in [5.74, 6) is -0.369. The van der Waals surface area contributed by atoms with Crippen molar-refractivity contribution in [3.63, 3.8) is 0 Å². The van der Waals surface area contributed by atoms with Crippen molar-refractivity contribution in [3.05, 3.63) is 34.3 Å². The number of carbonyl (C=O) groups is 1. The number of rotatable bonds is 4. The highest BCUT2D eigenvalue weighted by Gasteiger charge is 2.07. The van der Waals surface area contributed by atoms with Crippen LogP contribution in [0.5, 0.6) is 0 Å². The fourth-order valence-electron chi connectivity index (χ4n) is 1.97. The molecule has 0 saturated carbocycles. The number of fused-ring (bicyclic) bond motifs is 1. The Bertz CT molecular complexity index is 670. The molecule has 0 unspecified atom stereocenters. The molecule has 0 atom stereocenters. The Hall–Kier alpha value is -2.24. The van der Waals surface area contributed by atoms with Crippen LogP contribution in [-0.4, -0.2) is 23.2 Å². The molecule has 2 N–H and O–H groups in total. The van der Waals surface area contributed by atoms with Crippen molar-refractivity contribution in [1.82, 2.24) is 15.2 Å².